The molecule has 1 saturated heterocycles. The molecule has 0 saturated carbocycles. The molecule has 2 aromatic carbocycles. The highest BCUT2D eigenvalue weighted by Crippen LogP contribution is 2.33. The maximum atomic E-state index is 13.2. The van der Waals surface area contributed by atoms with E-state index in [-0.39, 0.29) is 11.9 Å². The van der Waals surface area contributed by atoms with E-state index < -0.39 is 11.7 Å². The molecular formula is C25H24Cl2F3N5O. The number of halogens is 5. The fourth-order valence-corrected chi connectivity index (χ4v) is 4.64. The number of aromatic nitrogens is 2. The van der Waals surface area contributed by atoms with Gasteiger partial charge >= 0.3 is 12.2 Å². The number of hydrogen-bond acceptors (Lipinski definition) is 4. The Bertz CT molecular complexity index is 1260. The van der Waals surface area contributed by atoms with Gasteiger partial charge in [0.15, 0.2) is 5.82 Å². The Kier molecular flexibility index (Phi) is 7.61. The number of amides is 2. The highest BCUT2D eigenvalue weighted by molar-refractivity contribution is 6.39. The van der Waals surface area contributed by atoms with E-state index in [2.05, 4.69) is 15.3 Å². The van der Waals surface area contributed by atoms with Gasteiger partial charge in [-0.1, -0.05) is 48.3 Å². The molecule has 1 aliphatic rings. The minimum atomic E-state index is -4.46. The molecule has 0 bridgehead atoms. The number of carbonyl (C=O) groups excluding carboxylic acids is 1. The number of hydrogen-bond donors (Lipinski definition) is 1. The van der Waals surface area contributed by atoms with Crippen LogP contribution in [-0.4, -0.2) is 47.1 Å². The van der Waals surface area contributed by atoms with Gasteiger partial charge in [-0.15, -0.1) is 0 Å². The van der Waals surface area contributed by atoms with Gasteiger partial charge in [-0.2, -0.15) is 13.2 Å². The number of alkyl halides is 3. The average Bonchev–Trinajstić information content (AvgIpc) is 2.85. The number of nitrogens with one attached hydrogen (secondary N) is 1. The topological polar surface area (TPSA) is 61.4 Å². The highest BCUT2D eigenvalue weighted by atomic mass is 35.5. The lowest BCUT2D eigenvalue weighted by Crippen LogP contribution is -2.50. The van der Waals surface area contributed by atoms with Crippen LogP contribution in [0.4, 0.5) is 29.5 Å². The summed E-state index contributed by atoms with van der Waals surface area (Å²) in [5.41, 5.74) is 1.54. The Morgan fingerprint density at radius 1 is 1.03 bits per heavy atom. The lowest BCUT2D eigenvalue weighted by Gasteiger charge is -2.36. The number of rotatable bonds is 4. The predicted molar refractivity (Wildman–Crippen MR) is 136 cm³/mol. The van der Waals surface area contributed by atoms with Crippen molar-refractivity contribution < 1.29 is 18.0 Å². The van der Waals surface area contributed by atoms with Crippen LogP contribution in [0.1, 0.15) is 23.7 Å². The molecule has 0 atom stereocenters. The number of nitrogens with zero attached hydrogens (tertiary/aromatic N) is 4. The Labute approximate surface area is 217 Å². The molecule has 3 aromatic rings. The molecule has 1 fully saturated rings. The van der Waals surface area contributed by atoms with E-state index in [4.69, 9.17) is 23.2 Å². The number of urea groups is 1. The normalized spacial score (nSPS) is 14.2. The molecule has 0 radical (unpaired) electrons. The number of aryl methyl sites for hydroxylation is 1. The number of benzene rings is 2. The van der Waals surface area contributed by atoms with Gasteiger partial charge in [0.05, 0.1) is 21.3 Å². The van der Waals surface area contributed by atoms with Gasteiger partial charge in [0.25, 0.3) is 0 Å². The van der Waals surface area contributed by atoms with Crippen LogP contribution < -0.4 is 10.2 Å². The van der Waals surface area contributed by atoms with Crippen LogP contribution >= 0.6 is 23.2 Å². The molecule has 11 heteroatoms. The SMILES string of the molecule is CCc1c(C)nc(-c2cccc(C(F)(F)F)c2)nc1N1CCN(C(=O)Nc2c(Cl)cccc2Cl)CC1. The Hall–Kier alpha value is -3.04. The minimum Gasteiger partial charge on any atom is -0.353 e. The van der Waals surface area contributed by atoms with E-state index in [9.17, 15) is 18.0 Å². The third-order valence-corrected chi connectivity index (χ3v) is 6.68. The lowest BCUT2D eigenvalue weighted by atomic mass is 10.1. The summed E-state index contributed by atoms with van der Waals surface area (Å²) < 4.78 is 39.7. The van der Waals surface area contributed by atoms with E-state index in [0.29, 0.717) is 65.4 Å². The third kappa shape index (κ3) is 5.52. The van der Waals surface area contributed by atoms with Crippen molar-refractivity contribution >= 4 is 40.7 Å². The quantitative estimate of drug-likeness (QED) is 0.402. The molecule has 6 nitrogen and oxygen atoms in total. The van der Waals surface area contributed by atoms with Crippen molar-refractivity contribution in [2.24, 2.45) is 0 Å². The maximum absolute atomic E-state index is 13.2. The fourth-order valence-electron chi connectivity index (χ4n) is 4.14. The zero-order chi connectivity index (χ0) is 26.0. The first-order valence-corrected chi connectivity index (χ1v) is 12.1. The first-order valence-electron chi connectivity index (χ1n) is 11.4. The largest absolute Gasteiger partial charge is 0.416 e. The lowest BCUT2D eigenvalue weighted by molar-refractivity contribution is -0.137. The highest BCUT2D eigenvalue weighted by Gasteiger charge is 2.31. The summed E-state index contributed by atoms with van der Waals surface area (Å²) in [6.45, 7) is 5.64. The summed E-state index contributed by atoms with van der Waals surface area (Å²) in [5.74, 6) is 0.908. The predicted octanol–water partition coefficient (Wildman–Crippen LogP) is 6.69. The number of anilines is 2. The van der Waals surface area contributed by atoms with Crippen molar-refractivity contribution in [3.63, 3.8) is 0 Å². The van der Waals surface area contributed by atoms with Gasteiger partial charge in [0.2, 0.25) is 0 Å². The molecule has 1 N–H and O–H groups in total. The smallest absolute Gasteiger partial charge is 0.353 e. The van der Waals surface area contributed by atoms with Gasteiger partial charge in [-0.3, -0.25) is 0 Å². The van der Waals surface area contributed by atoms with Crippen molar-refractivity contribution in [2.45, 2.75) is 26.4 Å². The van der Waals surface area contributed by atoms with E-state index in [1.807, 2.05) is 18.7 Å². The van der Waals surface area contributed by atoms with Crippen molar-refractivity contribution in [2.75, 3.05) is 36.4 Å². The summed E-state index contributed by atoms with van der Waals surface area (Å²) >= 11 is 12.3. The van der Waals surface area contributed by atoms with E-state index >= 15 is 0 Å². The molecule has 2 amide bonds. The molecule has 1 aliphatic heterocycles. The maximum Gasteiger partial charge on any atom is 0.416 e. The second-order valence-electron chi connectivity index (χ2n) is 8.37. The summed E-state index contributed by atoms with van der Waals surface area (Å²) in [7, 11) is 0. The molecule has 2 heterocycles. The van der Waals surface area contributed by atoms with Crippen LogP contribution in [0.2, 0.25) is 10.0 Å². The van der Waals surface area contributed by atoms with Crippen molar-refractivity contribution in [3.8, 4) is 11.4 Å². The number of carbonyl (C=O) groups is 1. The van der Waals surface area contributed by atoms with E-state index in [1.54, 1.807) is 29.2 Å². The van der Waals surface area contributed by atoms with Crippen molar-refractivity contribution in [1.29, 1.82) is 0 Å². The summed E-state index contributed by atoms with van der Waals surface area (Å²) in [5, 5.41) is 3.47. The molecule has 0 aliphatic carbocycles. The molecule has 0 unspecified atom stereocenters. The van der Waals surface area contributed by atoms with Gasteiger partial charge < -0.3 is 15.1 Å². The second kappa shape index (κ2) is 10.5. The van der Waals surface area contributed by atoms with Crippen LogP contribution in [0.5, 0.6) is 0 Å². The summed E-state index contributed by atoms with van der Waals surface area (Å²) in [6, 6.07) is 9.68. The van der Waals surface area contributed by atoms with Crippen LogP contribution in [0.25, 0.3) is 11.4 Å². The van der Waals surface area contributed by atoms with Crippen LogP contribution in [0.15, 0.2) is 42.5 Å². The van der Waals surface area contributed by atoms with Gasteiger partial charge in [0.1, 0.15) is 5.82 Å². The number of para-hydroxylation sites is 1. The first-order chi connectivity index (χ1) is 17.1. The van der Waals surface area contributed by atoms with Crippen LogP contribution in [0, 0.1) is 6.92 Å². The molecule has 4 rings (SSSR count). The van der Waals surface area contributed by atoms with Gasteiger partial charge in [0, 0.05) is 43.0 Å². The Morgan fingerprint density at radius 2 is 1.67 bits per heavy atom. The summed E-state index contributed by atoms with van der Waals surface area (Å²) in [4.78, 5) is 25.7. The molecule has 36 heavy (non-hydrogen) atoms. The average molecular weight is 538 g/mol. The molecule has 190 valence electrons. The molecular weight excluding hydrogens is 514 g/mol. The molecule has 1 aromatic heterocycles. The monoisotopic (exact) mass is 537 g/mol. The Morgan fingerprint density at radius 3 is 2.28 bits per heavy atom. The van der Waals surface area contributed by atoms with Crippen LogP contribution in [0.3, 0.4) is 0 Å². The fraction of sp³-hybridized carbons (Fsp3) is 0.320. The van der Waals surface area contributed by atoms with Gasteiger partial charge in [-0.05, 0) is 37.6 Å². The standard InChI is InChI=1S/C25H24Cl2F3N5O/c1-3-18-15(2)31-22(16-6-4-7-17(14-16)25(28,29)30)33-23(18)34-10-12-35(13-11-34)24(36)32-21-19(26)8-5-9-20(21)27/h4-9,14H,3,10-13H2,1-2H3,(H,32,36). The summed E-state index contributed by atoms with van der Waals surface area (Å²) in [6.07, 6.45) is -3.79. The Balaban J connectivity index is 1.54. The van der Waals surface area contributed by atoms with Crippen LogP contribution in [-0.2, 0) is 12.6 Å². The number of piperazine rings is 1. The molecule has 0 spiro atoms. The second-order valence-corrected chi connectivity index (χ2v) is 9.18. The first kappa shape index (κ1) is 26.0. The third-order valence-electron chi connectivity index (χ3n) is 6.05. The zero-order valence-corrected chi connectivity index (χ0v) is 21.2. The zero-order valence-electron chi connectivity index (χ0n) is 19.7. The van der Waals surface area contributed by atoms with Crippen molar-refractivity contribution in [3.05, 3.63) is 69.3 Å². The van der Waals surface area contributed by atoms with E-state index in [0.717, 1.165) is 17.7 Å². The minimum absolute atomic E-state index is 0.235. The van der Waals surface area contributed by atoms with Gasteiger partial charge in [-0.25, -0.2) is 14.8 Å². The van der Waals surface area contributed by atoms with E-state index in [1.165, 1.54) is 6.07 Å². The van der Waals surface area contributed by atoms with Crippen molar-refractivity contribution in [1.82, 2.24) is 14.9 Å².